The number of amides is 1. The lowest BCUT2D eigenvalue weighted by Crippen LogP contribution is -2.21. The minimum Gasteiger partial charge on any atom is -0.465 e. The van der Waals surface area contributed by atoms with Crippen LogP contribution in [0, 0.1) is 0 Å². The van der Waals surface area contributed by atoms with Gasteiger partial charge >= 0.3 is 12.3 Å². The third kappa shape index (κ3) is 4.59. The molecule has 1 aromatic heterocycles. The van der Waals surface area contributed by atoms with Gasteiger partial charge in [-0.15, -0.1) is 0 Å². The van der Waals surface area contributed by atoms with E-state index in [0.29, 0.717) is 28.0 Å². The molecule has 1 amide bonds. The Bertz CT molecular complexity index is 698. The van der Waals surface area contributed by atoms with Gasteiger partial charge in [-0.2, -0.15) is 13.2 Å². The zero-order valence-electron chi connectivity index (χ0n) is 12.1. The summed E-state index contributed by atoms with van der Waals surface area (Å²) in [6.45, 7) is -0.340. The molecule has 0 fully saturated rings. The second kappa shape index (κ2) is 6.86. The number of nitrogens with one attached hydrogen (secondary N) is 2. The fraction of sp³-hybridized carbons (Fsp3) is 0.429. The van der Waals surface area contributed by atoms with Gasteiger partial charge in [-0.3, -0.25) is 0 Å². The lowest BCUT2D eigenvalue weighted by atomic mass is 10.00. The SMILES string of the molecule is O=C(O)NCc1ccc2[nH]c(CO)nc2c1CCCC(F)(F)F. The van der Waals surface area contributed by atoms with E-state index in [1.165, 1.54) is 0 Å². The number of imidazole rings is 1. The number of hydrogen-bond acceptors (Lipinski definition) is 3. The van der Waals surface area contributed by atoms with Gasteiger partial charge in [0.15, 0.2) is 0 Å². The average molecular weight is 331 g/mol. The molecule has 0 unspecified atom stereocenters. The molecule has 0 aliphatic rings. The van der Waals surface area contributed by atoms with Gasteiger partial charge in [0.05, 0.1) is 11.0 Å². The summed E-state index contributed by atoms with van der Waals surface area (Å²) in [4.78, 5) is 17.7. The fourth-order valence-electron chi connectivity index (χ4n) is 2.38. The van der Waals surface area contributed by atoms with Crippen LogP contribution >= 0.6 is 0 Å². The number of carboxylic acid groups (broad SMARTS) is 1. The van der Waals surface area contributed by atoms with Crippen molar-refractivity contribution in [3.05, 3.63) is 29.1 Å². The zero-order chi connectivity index (χ0) is 17.0. The summed E-state index contributed by atoms with van der Waals surface area (Å²) in [6.07, 6.45) is -6.39. The Morgan fingerprint density at radius 2 is 2.09 bits per heavy atom. The van der Waals surface area contributed by atoms with Crippen molar-refractivity contribution in [2.75, 3.05) is 0 Å². The van der Waals surface area contributed by atoms with Gasteiger partial charge in [0.25, 0.3) is 0 Å². The molecule has 0 spiro atoms. The molecule has 4 N–H and O–H groups in total. The lowest BCUT2D eigenvalue weighted by Gasteiger charge is -2.11. The summed E-state index contributed by atoms with van der Waals surface area (Å²) in [5.74, 6) is 0.306. The maximum Gasteiger partial charge on any atom is 0.404 e. The van der Waals surface area contributed by atoms with Crippen LogP contribution in [0.25, 0.3) is 11.0 Å². The van der Waals surface area contributed by atoms with E-state index < -0.39 is 18.7 Å². The quantitative estimate of drug-likeness (QED) is 0.654. The largest absolute Gasteiger partial charge is 0.465 e. The molecule has 23 heavy (non-hydrogen) atoms. The van der Waals surface area contributed by atoms with Crippen molar-refractivity contribution < 1.29 is 28.2 Å². The molecule has 6 nitrogen and oxygen atoms in total. The number of hydrogen-bond donors (Lipinski definition) is 4. The third-order valence-electron chi connectivity index (χ3n) is 3.37. The summed E-state index contributed by atoms with van der Waals surface area (Å²) in [5, 5.41) is 20.0. The first-order valence-electron chi connectivity index (χ1n) is 6.94. The molecule has 0 aliphatic carbocycles. The van der Waals surface area contributed by atoms with Gasteiger partial charge in [0.1, 0.15) is 12.4 Å². The number of fused-ring (bicyclic) bond motifs is 1. The van der Waals surface area contributed by atoms with E-state index in [-0.39, 0.29) is 26.0 Å². The fourth-order valence-corrected chi connectivity index (χ4v) is 2.38. The van der Waals surface area contributed by atoms with Gasteiger partial charge in [0.2, 0.25) is 0 Å². The van der Waals surface area contributed by atoms with E-state index in [1.807, 2.05) is 0 Å². The van der Waals surface area contributed by atoms with Crippen LogP contribution in [0.4, 0.5) is 18.0 Å². The van der Waals surface area contributed by atoms with Crippen LogP contribution in [0.1, 0.15) is 29.8 Å². The van der Waals surface area contributed by atoms with Crippen molar-refractivity contribution >= 4 is 17.1 Å². The predicted molar refractivity (Wildman–Crippen MR) is 75.9 cm³/mol. The molecule has 0 saturated carbocycles. The Morgan fingerprint density at radius 3 is 2.70 bits per heavy atom. The Kier molecular flexibility index (Phi) is 5.09. The highest BCUT2D eigenvalue weighted by Gasteiger charge is 2.26. The maximum absolute atomic E-state index is 12.3. The van der Waals surface area contributed by atoms with Crippen molar-refractivity contribution in [3.8, 4) is 0 Å². The van der Waals surface area contributed by atoms with Crippen molar-refractivity contribution in [2.24, 2.45) is 0 Å². The summed E-state index contributed by atoms with van der Waals surface area (Å²) in [5.41, 5.74) is 2.17. The highest BCUT2D eigenvalue weighted by Crippen LogP contribution is 2.27. The van der Waals surface area contributed by atoms with E-state index in [1.54, 1.807) is 12.1 Å². The first kappa shape index (κ1) is 17.1. The third-order valence-corrected chi connectivity index (χ3v) is 3.37. The topological polar surface area (TPSA) is 98.2 Å². The molecule has 0 aliphatic heterocycles. The normalized spacial score (nSPS) is 11.8. The molecule has 1 heterocycles. The van der Waals surface area contributed by atoms with Crippen LogP contribution in [0.3, 0.4) is 0 Å². The van der Waals surface area contributed by atoms with Crippen LogP contribution < -0.4 is 5.32 Å². The number of halogens is 3. The summed E-state index contributed by atoms with van der Waals surface area (Å²) in [6, 6.07) is 3.30. The Hall–Kier alpha value is -2.29. The predicted octanol–water partition coefficient (Wildman–Crippen LogP) is 2.71. The van der Waals surface area contributed by atoms with E-state index in [4.69, 9.17) is 10.2 Å². The van der Waals surface area contributed by atoms with Gasteiger partial charge in [-0.1, -0.05) is 6.07 Å². The second-order valence-electron chi connectivity index (χ2n) is 5.07. The van der Waals surface area contributed by atoms with Crippen LogP contribution in [0.2, 0.25) is 0 Å². The Labute approximate surface area is 129 Å². The van der Waals surface area contributed by atoms with E-state index in [9.17, 15) is 18.0 Å². The standard InChI is InChI=1S/C14H16F3N3O3/c15-14(16,17)5-1-2-9-8(6-18-13(22)23)3-4-10-12(9)20-11(7-21)19-10/h3-4,18,21H,1-2,5-7H2,(H,19,20)(H,22,23). The van der Waals surface area contributed by atoms with Crippen molar-refractivity contribution in [1.29, 1.82) is 0 Å². The molecule has 1 aromatic carbocycles. The first-order chi connectivity index (χ1) is 10.8. The number of alkyl halides is 3. The number of H-pyrrole nitrogens is 1. The summed E-state index contributed by atoms with van der Waals surface area (Å²) >= 11 is 0. The van der Waals surface area contributed by atoms with Crippen LogP contribution in [-0.2, 0) is 19.6 Å². The number of aryl methyl sites for hydroxylation is 1. The number of aromatic amines is 1. The van der Waals surface area contributed by atoms with Crippen molar-refractivity contribution in [3.63, 3.8) is 0 Å². The monoisotopic (exact) mass is 331 g/mol. The molecule has 2 aromatic rings. The minimum atomic E-state index is -4.24. The molecule has 0 atom stereocenters. The molecule has 9 heteroatoms. The highest BCUT2D eigenvalue weighted by atomic mass is 19.4. The Balaban J connectivity index is 2.31. The van der Waals surface area contributed by atoms with Gasteiger partial charge < -0.3 is 20.5 Å². The van der Waals surface area contributed by atoms with E-state index in [0.717, 1.165) is 0 Å². The molecule has 0 radical (unpaired) electrons. The van der Waals surface area contributed by atoms with Crippen LogP contribution in [0.5, 0.6) is 0 Å². The number of nitrogens with zero attached hydrogens (tertiary/aromatic N) is 1. The zero-order valence-corrected chi connectivity index (χ0v) is 12.1. The maximum atomic E-state index is 12.3. The summed E-state index contributed by atoms with van der Waals surface area (Å²) < 4.78 is 37.0. The first-order valence-corrected chi connectivity index (χ1v) is 6.94. The molecule has 0 saturated heterocycles. The van der Waals surface area contributed by atoms with Crippen LogP contribution in [-0.4, -0.2) is 32.5 Å². The van der Waals surface area contributed by atoms with Crippen molar-refractivity contribution in [2.45, 2.75) is 38.6 Å². The van der Waals surface area contributed by atoms with Crippen LogP contribution in [0.15, 0.2) is 12.1 Å². The Morgan fingerprint density at radius 1 is 1.35 bits per heavy atom. The van der Waals surface area contributed by atoms with E-state index in [2.05, 4.69) is 15.3 Å². The van der Waals surface area contributed by atoms with Gasteiger partial charge in [0, 0.05) is 13.0 Å². The van der Waals surface area contributed by atoms with E-state index >= 15 is 0 Å². The lowest BCUT2D eigenvalue weighted by molar-refractivity contribution is -0.135. The molecular weight excluding hydrogens is 315 g/mol. The number of carbonyl (C=O) groups is 1. The minimum absolute atomic E-state index is 0.0199. The van der Waals surface area contributed by atoms with Gasteiger partial charge in [-0.05, 0) is 30.0 Å². The second-order valence-corrected chi connectivity index (χ2v) is 5.07. The molecule has 0 bridgehead atoms. The van der Waals surface area contributed by atoms with Crippen molar-refractivity contribution in [1.82, 2.24) is 15.3 Å². The highest BCUT2D eigenvalue weighted by molar-refractivity contribution is 5.80. The molecule has 126 valence electrons. The molecular formula is C14H16F3N3O3. The number of aliphatic hydroxyl groups is 1. The molecule has 2 rings (SSSR count). The number of aliphatic hydroxyl groups excluding tert-OH is 1. The van der Waals surface area contributed by atoms with Gasteiger partial charge in [-0.25, -0.2) is 9.78 Å². The average Bonchev–Trinajstić information content (AvgIpc) is 2.88. The smallest absolute Gasteiger partial charge is 0.404 e. The number of rotatable bonds is 6. The number of aromatic nitrogens is 2. The summed E-state index contributed by atoms with van der Waals surface area (Å²) in [7, 11) is 0. The number of benzene rings is 1.